The van der Waals surface area contributed by atoms with Gasteiger partial charge in [0.2, 0.25) is 0 Å². The molecule has 3 atom stereocenters. The van der Waals surface area contributed by atoms with Crippen LogP contribution < -0.4 is 0 Å². The SMILES string of the molecule is C[C@H](O)CC(=O)O.[NH-]CC1CCC1C[NH-].[Pt+2]. The van der Waals surface area contributed by atoms with E-state index in [1.807, 2.05) is 0 Å². The molecule has 1 saturated carbocycles. The third-order valence-electron chi connectivity index (χ3n) is 2.57. The van der Waals surface area contributed by atoms with Crippen molar-refractivity contribution in [2.75, 3.05) is 13.1 Å². The van der Waals surface area contributed by atoms with Gasteiger partial charge in [0.25, 0.3) is 0 Å². The molecule has 0 aromatic carbocycles. The minimum absolute atomic E-state index is 0. The number of aliphatic carboxylic acids is 1. The van der Waals surface area contributed by atoms with Gasteiger partial charge in [0.05, 0.1) is 12.5 Å². The van der Waals surface area contributed by atoms with Crippen LogP contribution >= 0.6 is 0 Å². The van der Waals surface area contributed by atoms with Crippen LogP contribution in [-0.2, 0) is 25.9 Å². The fourth-order valence-electron chi connectivity index (χ4n) is 1.43. The average molecular weight is 411 g/mol. The van der Waals surface area contributed by atoms with Crippen LogP contribution in [0.5, 0.6) is 0 Å². The normalized spacial score (nSPS) is 24.2. The van der Waals surface area contributed by atoms with E-state index >= 15 is 0 Å². The first kappa shape index (κ1) is 18.4. The van der Waals surface area contributed by atoms with Crippen molar-refractivity contribution in [2.45, 2.75) is 32.3 Å². The second-order valence-electron chi connectivity index (χ2n) is 3.95. The van der Waals surface area contributed by atoms with Gasteiger partial charge in [-0.05, 0) is 6.92 Å². The topological polar surface area (TPSA) is 105 Å². The van der Waals surface area contributed by atoms with Gasteiger partial charge in [-0.2, -0.15) is 0 Å². The monoisotopic (exact) mass is 411 g/mol. The fraction of sp³-hybridized carbons (Fsp3) is 0.900. The number of aliphatic hydroxyl groups excluding tert-OH is 1. The van der Waals surface area contributed by atoms with E-state index < -0.39 is 12.1 Å². The Kier molecular flexibility index (Phi) is 11.7. The molecule has 6 heteroatoms. The minimum atomic E-state index is -0.963. The zero-order valence-corrected chi connectivity index (χ0v) is 11.7. The maximum atomic E-state index is 9.65. The molecule has 0 spiro atoms. The molecule has 0 radical (unpaired) electrons. The van der Waals surface area contributed by atoms with Gasteiger partial charge < -0.3 is 21.7 Å². The van der Waals surface area contributed by atoms with Crippen molar-refractivity contribution >= 4 is 5.97 Å². The third kappa shape index (κ3) is 8.22. The Morgan fingerprint density at radius 1 is 1.31 bits per heavy atom. The Bertz CT molecular complexity index is 177. The number of aliphatic hydroxyl groups is 1. The molecule has 5 nitrogen and oxygen atoms in total. The second-order valence-corrected chi connectivity index (χ2v) is 3.95. The van der Waals surface area contributed by atoms with Crippen molar-refractivity contribution < 1.29 is 36.1 Å². The third-order valence-corrected chi connectivity index (χ3v) is 2.57. The molecule has 0 bridgehead atoms. The van der Waals surface area contributed by atoms with E-state index in [-0.39, 0.29) is 27.5 Å². The quantitative estimate of drug-likeness (QED) is 0.739. The number of hydrogen-bond acceptors (Lipinski definition) is 2. The van der Waals surface area contributed by atoms with Crippen LogP contribution in [0.25, 0.3) is 11.5 Å². The number of carbonyl (C=O) groups is 1. The average Bonchev–Trinajstić information content (AvgIpc) is 2.02. The van der Waals surface area contributed by atoms with Crippen LogP contribution in [0.2, 0.25) is 0 Å². The molecule has 0 amide bonds. The molecule has 0 aliphatic heterocycles. The molecule has 0 aromatic heterocycles. The van der Waals surface area contributed by atoms with Gasteiger partial charge >= 0.3 is 27.0 Å². The van der Waals surface area contributed by atoms with E-state index in [1.54, 1.807) is 0 Å². The molecule has 4 N–H and O–H groups in total. The first-order valence-electron chi connectivity index (χ1n) is 5.20. The number of carboxylic acid groups (broad SMARTS) is 1. The summed E-state index contributed by atoms with van der Waals surface area (Å²) >= 11 is 0. The van der Waals surface area contributed by atoms with Gasteiger partial charge in [-0.3, -0.25) is 4.79 Å². The zero-order valence-electron chi connectivity index (χ0n) is 9.39. The Morgan fingerprint density at radius 3 is 1.75 bits per heavy atom. The van der Waals surface area contributed by atoms with Crippen LogP contribution in [0.15, 0.2) is 0 Å². The van der Waals surface area contributed by atoms with Crippen molar-refractivity contribution in [3.05, 3.63) is 11.5 Å². The molecule has 98 valence electrons. The van der Waals surface area contributed by atoms with Crippen molar-refractivity contribution in [1.82, 2.24) is 0 Å². The summed E-state index contributed by atoms with van der Waals surface area (Å²) in [6, 6.07) is 0. The van der Waals surface area contributed by atoms with Crippen LogP contribution in [0.4, 0.5) is 0 Å². The predicted octanol–water partition coefficient (Wildman–Crippen LogP) is 1.96. The van der Waals surface area contributed by atoms with E-state index in [4.69, 9.17) is 21.7 Å². The van der Waals surface area contributed by atoms with Crippen molar-refractivity contribution in [3.8, 4) is 0 Å². The van der Waals surface area contributed by atoms with Crippen molar-refractivity contribution in [1.29, 1.82) is 0 Å². The summed E-state index contributed by atoms with van der Waals surface area (Å²) in [6.07, 6.45) is 1.51. The Labute approximate surface area is 111 Å². The maximum Gasteiger partial charge on any atom is 2.00 e. The summed E-state index contributed by atoms with van der Waals surface area (Å²) in [4.78, 5) is 9.65. The van der Waals surface area contributed by atoms with Crippen LogP contribution in [0.1, 0.15) is 26.2 Å². The maximum absolute atomic E-state index is 9.65. The molecule has 0 saturated heterocycles. The summed E-state index contributed by atoms with van der Waals surface area (Å²) < 4.78 is 0. The Morgan fingerprint density at radius 2 is 1.69 bits per heavy atom. The first-order chi connectivity index (χ1) is 7.01. The smallest absolute Gasteiger partial charge is 0.677 e. The summed E-state index contributed by atoms with van der Waals surface area (Å²) in [5.41, 5.74) is 14.0. The van der Waals surface area contributed by atoms with Crippen LogP contribution in [0.3, 0.4) is 0 Å². The van der Waals surface area contributed by atoms with E-state index in [1.165, 1.54) is 19.8 Å². The molecule has 2 unspecified atom stereocenters. The number of nitrogens with one attached hydrogen (secondary N) is 2. The van der Waals surface area contributed by atoms with Crippen LogP contribution in [-0.4, -0.2) is 35.4 Å². The van der Waals surface area contributed by atoms with Gasteiger partial charge in [-0.15, -0.1) is 13.1 Å². The van der Waals surface area contributed by atoms with E-state index in [0.29, 0.717) is 24.9 Å². The Balaban J connectivity index is 0. The minimum Gasteiger partial charge on any atom is -0.677 e. The standard InChI is InChI=1S/C6H12N2.C4H8O3.Pt/c7-3-5-1-2-6(5)4-8;1-3(5)2-4(6)7;/h5-8H,1-4H2;3,5H,2H2,1H3,(H,6,7);/q-2;;+2/t;3-;/m.0./s1. The van der Waals surface area contributed by atoms with Crippen molar-refractivity contribution in [2.24, 2.45) is 11.8 Å². The van der Waals surface area contributed by atoms with Crippen LogP contribution in [0, 0.1) is 11.8 Å². The molecule has 1 fully saturated rings. The van der Waals surface area contributed by atoms with E-state index in [9.17, 15) is 4.79 Å². The van der Waals surface area contributed by atoms with Crippen molar-refractivity contribution in [3.63, 3.8) is 0 Å². The second kappa shape index (κ2) is 10.2. The molecular weight excluding hydrogens is 391 g/mol. The predicted molar refractivity (Wildman–Crippen MR) is 58.5 cm³/mol. The fourth-order valence-corrected chi connectivity index (χ4v) is 1.43. The van der Waals surface area contributed by atoms with Gasteiger partial charge in [0.1, 0.15) is 0 Å². The summed E-state index contributed by atoms with van der Waals surface area (Å²) in [5, 5.41) is 16.3. The molecule has 1 aliphatic rings. The number of rotatable bonds is 4. The number of hydrogen-bond donors (Lipinski definition) is 2. The summed E-state index contributed by atoms with van der Waals surface area (Å²) in [7, 11) is 0. The summed E-state index contributed by atoms with van der Waals surface area (Å²) in [6.45, 7) is 2.53. The van der Waals surface area contributed by atoms with E-state index in [0.717, 1.165) is 0 Å². The summed E-state index contributed by atoms with van der Waals surface area (Å²) in [5.74, 6) is 0.190. The zero-order chi connectivity index (χ0) is 11.8. The van der Waals surface area contributed by atoms with Gasteiger partial charge in [0.15, 0.2) is 0 Å². The van der Waals surface area contributed by atoms with E-state index in [2.05, 4.69) is 0 Å². The molecule has 16 heavy (non-hydrogen) atoms. The molecule has 1 aliphatic carbocycles. The largest absolute Gasteiger partial charge is 2.00 e. The van der Waals surface area contributed by atoms with Gasteiger partial charge in [0, 0.05) is 0 Å². The number of carboxylic acids is 1. The van der Waals surface area contributed by atoms with Gasteiger partial charge in [-0.25, -0.2) is 0 Å². The van der Waals surface area contributed by atoms with Gasteiger partial charge in [-0.1, -0.05) is 24.7 Å². The molecule has 0 aromatic rings. The Hall–Kier alpha value is 0.0383. The molecular formula is C10H20N2O3Pt. The first-order valence-corrected chi connectivity index (χ1v) is 5.20. The molecule has 1 rings (SSSR count). The molecule has 0 heterocycles.